The predicted octanol–water partition coefficient (Wildman–Crippen LogP) is 1.51. The van der Waals surface area contributed by atoms with Crippen LogP contribution in [0.4, 0.5) is 5.69 Å². The number of anilines is 1. The van der Waals surface area contributed by atoms with Gasteiger partial charge in [-0.05, 0) is 38.7 Å². The Kier molecular flexibility index (Phi) is 7.19. The lowest BCUT2D eigenvalue weighted by Gasteiger charge is -2.25. The molecule has 0 aliphatic carbocycles. The quantitative estimate of drug-likeness (QED) is 0.789. The Balaban J connectivity index is 2.66. The molecule has 0 bridgehead atoms. The second-order valence-electron chi connectivity index (χ2n) is 5.41. The van der Waals surface area contributed by atoms with E-state index >= 15 is 0 Å². The Hall–Kier alpha value is -1.59. The van der Waals surface area contributed by atoms with E-state index in [1.54, 1.807) is 0 Å². The Labute approximate surface area is 127 Å². The maximum absolute atomic E-state index is 11.6. The zero-order chi connectivity index (χ0) is 15.8. The number of hydrogen-bond acceptors (Lipinski definition) is 4. The fourth-order valence-corrected chi connectivity index (χ4v) is 2.05. The molecule has 0 heterocycles. The topological polar surface area (TPSA) is 44.8 Å². The largest absolute Gasteiger partial charge is 0.378 e. The number of nitrogens with zero attached hydrogens (tertiary/aromatic N) is 2. The molecule has 0 aromatic heterocycles. The van der Waals surface area contributed by atoms with E-state index in [4.69, 9.17) is 4.74 Å². The van der Waals surface area contributed by atoms with Crippen LogP contribution in [-0.4, -0.2) is 58.8 Å². The molecule has 0 aliphatic heterocycles. The summed E-state index contributed by atoms with van der Waals surface area (Å²) in [7, 11) is 8.07. The number of amides is 1. The molecule has 21 heavy (non-hydrogen) atoms. The van der Waals surface area contributed by atoms with Crippen LogP contribution in [0.3, 0.4) is 0 Å². The summed E-state index contributed by atoms with van der Waals surface area (Å²) in [6, 6.07) is 8.54. The molecule has 1 atom stereocenters. The van der Waals surface area contributed by atoms with Crippen molar-refractivity contribution >= 4 is 11.6 Å². The van der Waals surface area contributed by atoms with E-state index in [-0.39, 0.29) is 18.6 Å². The number of ether oxygens (including phenoxy) is 1. The van der Waals surface area contributed by atoms with E-state index in [0.717, 1.165) is 5.69 Å². The summed E-state index contributed by atoms with van der Waals surface area (Å²) < 4.78 is 5.10. The van der Waals surface area contributed by atoms with Gasteiger partial charge in [-0.3, -0.25) is 4.79 Å². The second-order valence-corrected chi connectivity index (χ2v) is 5.41. The van der Waals surface area contributed by atoms with Gasteiger partial charge in [-0.2, -0.15) is 0 Å². The number of rotatable bonds is 8. The van der Waals surface area contributed by atoms with Crippen molar-refractivity contribution in [2.75, 3.05) is 52.8 Å². The molecule has 118 valence electrons. The minimum Gasteiger partial charge on any atom is -0.378 e. The Morgan fingerprint density at radius 3 is 2.29 bits per heavy atom. The summed E-state index contributed by atoms with van der Waals surface area (Å²) in [5, 5.41) is 2.92. The van der Waals surface area contributed by atoms with Gasteiger partial charge in [-0.25, -0.2) is 0 Å². The predicted molar refractivity (Wildman–Crippen MR) is 86.7 cm³/mol. The van der Waals surface area contributed by atoms with Gasteiger partial charge in [0.1, 0.15) is 6.61 Å². The monoisotopic (exact) mass is 293 g/mol. The molecular formula is C16H27N3O2. The number of carbonyl (C=O) groups excluding carboxylic acids is 1. The second kappa shape index (κ2) is 8.64. The van der Waals surface area contributed by atoms with Crippen LogP contribution in [0.15, 0.2) is 24.3 Å². The smallest absolute Gasteiger partial charge is 0.246 e. The summed E-state index contributed by atoms with van der Waals surface area (Å²) in [5.74, 6) is -0.0754. The van der Waals surface area contributed by atoms with Gasteiger partial charge in [0, 0.05) is 32.9 Å². The lowest BCUT2D eigenvalue weighted by atomic mass is 10.1. The first-order chi connectivity index (χ1) is 9.95. The van der Waals surface area contributed by atoms with Crippen LogP contribution in [0.5, 0.6) is 0 Å². The molecule has 1 N–H and O–H groups in total. The highest BCUT2D eigenvalue weighted by molar-refractivity contribution is 5.77. The highest BCUT2D eigenvalue weighted by Crippen LogP contribution is 2.20. The molecule has 5 heteroatoms. The summed E-state index contributed by atoms with van der Waals surface area (Å²) in [6.45, 7) is 3.12. The van der Waals surface area contributed by atoms with Crippen LogP contribution in [-0.2, 0) is 9.53 Å². The van der Waals surface area contributed by atoms with E-state index < -0.39 is 0 Å². The van der Waals surface area contributed by atoms with Crippen LogP contribution in [0, 0.1) is 0 Å². The van der Waals surface area contributed by atoms with E-state index in [1.165, 1.54) is 5.56 Å². The Bertz CT molecular complexity index is 430. The average molecular weight is 293 g/mol. The molecule has 1 amide bonds. The van der Waals surface area contributed by atoms with Gasteiger partial charge in [0.05, 0.1) is 6.04 Å². The molecule has 1 rings (SSSR count). The van der Waals surface area contributed by atoms with Crippen molar-refractivity contribution in [1.82, 2.24) is 10.2 Å². The van der Waals surface area contributed by atoms with Crippen LogP contribution in [0.1, 0.15) is 18.5 Å². The minimum atomic E-state index is -0.0754. The van der Waals surface area contributed by atoms with Crippen molar-refractivity contribution in [3.63, 3.8) is 0 Å². The number of likely N-dealkylation sites (N-methyl/N-ethyl adjacent to an activating group) is 1. The van der Waals surface area contributed by atoms with Crippen molar-refractivity contribution < 1.29 is 9.53 Å². The van der Waals surface area contributed by atoms with Crippen molar-refractivity contribution in [2.45, 2.75) is 13.0 Å². The molecule has 0 fully saturated rings. The van der Waals surface area contributed by atoms with Gasteiger partial charge in [0.15, 0.2) is 0 Å². The number of carbonyl (C=O) groups is 1. The average Bonchev–Trinajstić information content (AvgIpc) is 2.45. The molecule has 0 radical (unpaired) electrons. The third-order valence-electron chi connectivity index (χ3n) is 3.35. The zero-order valence-corrected chi connectivity index (χ0v) is 13.7. The molecule has 5 nitrogen and oxygen atoms in total. The summed E-state index contributed by atoms with van der Waals surface area (Å²) in [5.41, 5.74) is 2.35. The van der Waals surface area contributed by atoms with Gasteiger partial charge in [-0.1, -0.05) is 12.1 Å². The first kappa shape index (κ1) is 17.5. The SMILES string of the molecule is CCOCC(=O)NC[C@H](c1ccc(N(C)C)cc1)N(C)C. The van der Waals surface area contributed by atoms with Crippen LogP contribution >= 0.6 is 0 Å². The summed E-state index contributed by atoms with van der Waals surface area (Å²) in [4.78, 5) is 15.8. The Morgan fingerprint density at radius 2 is 1.81 bits per heavy atom. The molecule has 1 aromatic rings. The van der Waals surface area contributed by atoms with E-state index in [2.05, 4.69) is 39.4 Å². The zero-order valence-electron chi connectivity index (χ0n) is 13.7. The highest BCUT2D eigenvalue weighted by Gasteiger charge is 2.15. The van der Waals surface area contributed by atoms with Crippen molar-refractivity contribution in [2.24, 2.45) is 0 Å². The first-order valence-corrected chi connectivity index (χ1v) is 7.23. The lowest BCUT2D eigenvalue weighted by Crippen LogP contribution is -2.36. The van der Waals surface area contributed by atoms with E-state index in [9.17, 15) is 4.79 Å². The first-order valence-electron chi connectivity index (χ1n) is 7.23. The van der Waals surface area contributed by atoms with Crippen LogP contribution in [0.25, 0.3) is 0 Å². The molecule has 0 spiro atoms. The van der Waals surface area contributed by atoms with Gasteiger partial charge >= 0.3 is 0 Å². The molecule has 0 saturated carbocycles. The van der Waals surface area contributed by atoms with Gasteiger partial charge in [0.2, 0.25) is 5.91 Å². The molecule has 0 saturated heterocycles. The lowest BCUT2D eigenvalue weighted by molar-refractivity contribution is -0.125. The van der Waals surface area contributed by atoms with Crippen molar-refractivity contribution in [3.05, 3.63) is 29.8 Å². The maximum atomic E-state index is 11.6. The third-order valence-corrected chi connectivity index (χ3v) is 3.35. The van der Waals surface area contributed by atoms with Crippen LogP contribution < -0.4 is 10.2 Å². The summed E-state index contributed by atoms with van der Waals surface area (Å²) in [6.07, 6.45) is 0. The fourth-order valence-electron chi connectivity index (χ4n) is 2.05. The number of nitrogens with one attached hydrogen (secondary N) is 1. The summed E-state index contributed by atoms with van der Waals surface area (Å²) >= 11 is 0. The van der Waals surface area contributed by atoms with Gasteiger partial charge in [0.25, 0.3) is 0 Å². The fraction of sp³-hybridized carbons (Fsp3) is 0.562. The third kappa shape index (κ3) is 5.73. The standard InChI is InChI=1S/C16H27N3O2/c1-6-21-12-16(20)17-11-15(19(4)5)13-7-9-14(10-8-13)18(2)3/h7-10,15H,6,11-12H2,1-5H3,(H,17,20)/t15-/m1/s1. The number of benzene rings is 1. The van der Waals surface area contributed by atoms with Crippen molar-refractivity contribution in [1.29, 1.82) is 0 Å². The minimum absolute atomic E-state index is 0.0754. The van der Waals surface area contributed by atoms with Crippen molar-refractivity contribution in [3.8, 4) is 0 Å². The molecular weight excluding hydrogens is 266 g/mol. The highest BCUT2D eigenvalue weighted by atomic mass is 16.5. The molecule has 0 unspecified atom stereocenters. The normalized spacial score (nSPS) is 12.3. The number of hydrogen-bond donors (Lipinski definition) is 1. The molecule has 1 aromatic carbocycles. The Morgan fingerprint density at radius 1 is 1.19 bits per heavy atom. The van der Waals surface area contributed by atoms with Gasteiger partial charge in [-0.15, -0.1) is 0 Å². The van der Waals surface area contributed by atoms with Gasteiger partial charge < -0.3 is 19.9 Å². The van der Waals surface area contributed by atoms with E-state index in [1.807, 2.05) is 35.1 Å². The maximum Gasteiger partial charge on any atom is 0.246 e. The van der Waals surface area contributed by atoms with Crippen LogP contribution in [0.2, 0.25) is 0 Å². The molecule has 0 aliphatic rings. The van der Waals surface area contributed by atoms with E-state index in [0.29, 0.717) is 13.2 Å².